The molecule has 0 unspecified atom stereocenters. The monoisotopic (exact) mass is 285 g/mol. The van der Waals surface area contributed by atoms with Crippen LogP contribution in [0.5, 0.6) is 0 Å². The van der Waals surface area contributed by atoms with Gasteiger partial charge in [0.05, 0.1) is 0 Å². The number of pyridine rings is 1. The van der Waals surface area contributed by atoms with Gasteiger partial charge in [0.25, 0.3) is 0 Å². The van der Waals surface area contributed by atoms with Crippen molar-refractivity contribution < 1.29 is 0 Å². The van der Waals surface area contributed by atoms with Crippen LogP contribution in [0, 0.1) is 0 Å². The zero-order valence-electron chi connectivity index (χ0n) is 8.96. The number of nitrogens with zero attached hydrogens (tertiary/aromatic N) is 2. The van der Waals surface area contributed by atoms with Crippen molar-refractivity contribution in [1.29, 1.82) is 0 Å². The fourth-order valence-electron chi connectivity index (χ4n) is 1.62. The number of halogens is 3. The Morgan fingerprint density at radius 2 is 1.62 bits per heavy atom. The summed E-state index contributed by atoms with van der Waals surface area (Å²) in [6.07, 6.45) is 3.72. The predicted molar refractivity (Wildman–Crippen MR) is 74.1 cm³/mol. The Labute approximate surface area is 115 Å². The maximum atomic E-state index is 4.01. The molecule has 0 aliphatic carbocycles. The summed E-state index contributed by atoms with van der Waals surface area (Å²) in [5.74, 6) is 0. The minimum Gasteiger partial charge on any atom is -0.314 e. The second-order valence-electron chi connectivity index (χ2n) is 3.38. The average Bonchev–Trinajstić information content (AvgIpc) is 2.21. The van der Waals surface area contributed by atoms with E-state index in [0.29, 0.717) is 0 Å². The third-order valence-corrected chi connectivity index (χ3v) is 2.37. The SMILES string of the molecule is Cl.Cl.Cl.c1cc(CN2CCNCC2)ccn1. The fourth-order valence-corrected chi connectivity index (χ4v) is 1.62. The summed E-state index contributed by atoms with van der Waals surface area (Å²) in [5.41, 5.74) is 1.36. The van der Waals surface area contributed by atoms with E-state index >= 15 is 0 Å². The van der Waals surface area contributed by atoms with E-state index < -0.39 is 0 Å². The Hall–Kier alpha value is -0.0600. The molecule has 1 aliphatic rings. The largest absolute Gasteiger partial charge is 0.314 e. The second-order valence-corrected chi connectivity index (χ2v) is 3.38. The van der Waals surface area contributed by atoms with E-state index in [1.165, 1.54) is 5.56 Å². The number of nitrogens with one attached hydrogen (secondary N) is 1. The first-order valence-electron chi connectivity index (χ1n) is 4.77. The number of hydrogen-bond acceptors (Lipinski definition) is 3. The zero-order chi connectivity index (χ0) is 8.93. The van der Waals surface area contributed by atoms with Gasteiger partial charge in [-0.2, -0.15) is 0 Å². The molecule has 1 saturated heterocycles. The van der Waals surface area contributed by atoms with Gasteiger partial charge < -0.3 is 5.32 Å². The summed E-state index contributed by atoms with van der Waals surface area (Å²) in [6, 6.07) is 4.17. The van der Waals surface area contributed by atoms with Crippen LogP contribution in [0.2, 0.25) is 0 Å². The summed E-state index contributed by atoms with van der Waals surface area (Å²) in [5, 5.41) is 3.35. The van der Waals surface area contributed by atoms with Crippen LogP contribution in [-0.4, -0.2) is 36.1 Å². The quantitative estimate of drug-likeness (QED) is 0.898. The maximum absolute atomic E-state index is 4.01. The summed E-state index contributed by atoms with van der Waals surface area (Å²) < 4.78 is 0. The Kier molecular flexibility index (Phi) is 11.6. The van der Waals surface area contributed by atoms with E-state index in [4.69, 9.17) is 0 Å². The van der Waals surface area contributed by atoms with Crippen LogP contribution in [0.4, 0.5) is 0 Å². The Morgan fingerprint density at radius 3 is 2.19 bits per heavy atom. The van der Waals surface area contributed by atoms with Crippen LogP contribution in [0.1, 0.15) is 5.56 Å². The molecule has 0 bridgehead atoms. The molecule has 0 spiro atoms. The van der Waals surface area contributed by atoms with E-state index in [9.17, 15) is 0 Å². The van der Waals surface area contributed by atoms with Crippen LogP contribution in [0.3, 0.4) is 0 Å². The topological polar surface area (TPSA) is 28.2 Å². The highest BCUT2D eigenvalue weighted by Gasteiger charge is 2.08. The van der Waals surface area contributed by atoms with Crippen molar-refractivity contribution in [3.63, 3.8) is 0 Å². The van der Waals surface area contributed by atoms with Gasteiger partial charge in [-0.1, -0.05) is 0 Å². The molecule has 2 rings (SSSR count). The highest BCUT2D eigenvalue weighted by molar-refractivity contribution is 5.86. The third-order valence-electron chi connectivity index (χ3n) is 2.37. The zero-order valence-corrected chi connectivity index (χ0v) is 11.4. The molecule has 0 aromatic carbocycles. The highest BCUT2D eigenvalue weighted by Crippen LogP contribution is 2.03. The van der Waals surface area contributed by atoms with Gasteiger partial charge in [0.2, 0.25) is 0 Å². The Morgan fingerprint density at radius 1 is 1.06 bits per heavy atom. The van der Waals surface area contributed by atoms with Crippen LogP contribution < -0.4 is 5.32 Å². The number of piperazine rings is 1. The molecule has 1 fully saturated rings. The van der Waals surface area contributed by atoms with E-state index in [1.807, 2.05) is 12.4 Å². The second kappa shape index (κ2) is 10.1. The van der Waals surface area contributed by atoms with E-state index in [1.54, 1.807) is 0 Å². The van der Waals surface area contributed by atoms with Gasteiger partial charge >= 0.3 is 0 Å². The number of hydrogen-bond donors (Lipinski definition) is 1. The molecule has 0 atom stereocenters. The van der Waals surface area contributed by atoms with Gasteiger partial charge in [-0.3, -0.25) is 9.88 Å². The van der Waals surface area contributed by atoms with Crippen LogP contribution in [0.15, 0.2) is 24.5 Å². The number of aromatic nitrogens is 1. The van der Waals surface area contributed by atoms with Crippen molar-refractivity contribution in [2.24, 2.45) is 0 Å². The minimum atomic E-state index is 0. The lowest BCUT2D eigenvalue weighted by molar-refractivity contribution is 0.233. The van der Waals surface area contributed by atoms with Crippen molar-refractivity contribution >= 4 is 37.2 Å². The fraction of sp³-hybridized carbons (Fsp3) is 0.500. The summed E-state index contributed by atoms with van der Waals surface area (Å²) in [7, 11) is 0. The molecule has 0 amide bonds. The molecule has 0 radical (unpaired) electrons. The smallest absolute Gasteiger partial charge is 0.0271 e. The molecule has 16 heavy (non-hydrogen) atoms. The molecule has 94 valence electrons. The van der Waals surface area contributed by atoms with Crippen molar-refractivity contribution in [2.45, 2.75) is 6.54 Å². The molecule has 3 nitrogen and oxygen atoms in total. The van der Waals surface area contributed by atoms with Crippen molar-refractivity contribution in [3.8, 4) is 0 Å². The summed E-state index contributed by atoms with van der Waals surface area (Å²) in [6.45, 7) is 5.60. The first kappa shape index (κ1) is 18.3. The van der Waals surface area contributed by atoms with E-state index in [-0.39, 0.29) is 37.2 Å². The average molecular weight is 287 g/mol. The lowest BCUT2D eigenvalue weighted by Gasteiger charge is -2.27. The molecular formula is C10H18Cl3N3. The van der Waals surface area contributed by atoms with Crippen molar-refractivity contribution in [2.75, 3.05) is 26.2 Å². The third kappa shape index (κ3) is 5.87. The predicted octanol–water partition coefficient (Wildman–Crippen LogP) is 1.75. The lowest BCUT2D eigenvalue weighted by atomic mass is 10.2. The molecule has 0 saturated carbocycles. The van der Waals surface area contributed by atoms with Gasteiger partial charge in [0.1, 0.15) is 0 Å². The highest BCUT2D eigenvalue weighted by atomic mass is 35.5. The number of rotatable bonds is 2. The Bertz CT molecular complexity index is 253. The molecule has 6 heteroatoms. The minimum absolute atomic E-state index is 0. The molecule has 1 aromatic rings. The molecule has 2 heterocycles. The van der Waals surface area contributed by atoms with E-state index in [2.05, 4.69) is 27.3 Å². The van der Waals surface area contributed by atoms with E-state index in [0.717, 1.165) is 32.7 Å². The Balaban J connectivity index is 0. The molecular weight excluding hydrogens is 268 g/mol. The summed E-state index contributed by atoms with van der Waals surface area (Å²) in [4.78, 5) is 6.47. The first-order chi connectivity index (χ1) is 6.45. The van der Waals surface area contributed by atoms with Crippen LogP contribution >= 0.6 is 37.2 Å². The first-order valence-corrected chi connectivity index (χ1v) is 4.77. The summed E-state index contributed by atoms with van der Waals surface area (Å²) >= 11 is 0. The van der Waals surface area contributed by atoms with Gasteiger partial charge in [-0.15, -0.1) is 37.2 Å². The lowest BCUT2D eigenvalue weighted by Crippen LogP contribution is -2.42. The van der Waals surface area contributed by atoms with Gasteiger partial charge in [0.15, 0.2) is 0 Å². The standard InChI is InChI=1S/C10H15N3.3ClH/c1-3-11-4-2-10(1)9-13-7-5-12-6-8-13;;;/h1-4,12H,5-9H2;3*1H. The normalized spacial score (nSPS) is 15.2. The molecule has 1 aromatic heterocycles. The van der Waals surface area contributed by atoms with Crippen molar-refractivity contribution in [3.05, 3.63) is 30.1 Å². The van der Waals surface area contributed by atoms with Crippen LogP contribution in [0.25, 0.3) is 0 Å². The van der Waals surface area contributed by atoms with Crippen molar-refractivity contribution in [1.82, 2.24) is 15.2 Å². The van der Waals surface area contributed by atoms with Gasteiger partial charge in [0, 0.05) is 45.1 Å². The molecule has 1 aliphatic heterocycles. The van der Waals surface area contributed by atoms with Crippen LogP contribution in [-0.2, 0) is 6.54 Å². The molecule has 1 N–H and O–H groups in total. The van der Waals surface area contributed by atoms with Gasteiger partial charge in [-0.25, -0.2) is 0 Å². The van der Waals surface area contributed by atoms with Gasteiger partial charge in [-0.05, 0) is 17.7 Å². The maximum Gasteiger partial charge on any atom is 0.0271 e.